The Hall–Kier alpha value is -2.77. The fourth-order valence-electron chi connectivity index (χ4n) is 1.75. The average Bonchev–Trinajstić information content (AvgIpc) is 2.91. The first-order valence-electron chi connectivity index (χ1n) is 5.57. The molecule has 2 aromatic heterocycles. The molecule has 2 heterocycles. The molecule has 0 bridgehead atoms. The van der Waals surface area contributed by atoms with Crippen molar-refractivity contribution >= 4 is 22.5 Å². The summed E-state index contributed by atoms with van der Waals surface area (Å²) in [5, 5.41) is 6.74. The summed E-state index contributed by atoms with van der Waals surface area (Å²) in [5.41, 5.74) is 7.97. The highest BCUT2D eigenvalue weighted by Crippen LogP contribution is 2.24. The van der Waals surface area contributed by atoms with Gasteiger partial charge in [-0.2, -0.15) is 4.98 Å². The first kappa shape index (κ1) is 11.3. The third kappa shape index (κ3) is 2.15. The van der Waals surface area contributed by atoms with Crippen LogP contribution in [0.1, 0.15) is 11.7 Å². The molecule has 1 aromatic carbocycles. The molecule has 8 heteroatoms. The van der Waals surface area contributed by atoms with E-state index in [0.29, 0.717) is 40.7 Å². The average molecular weight is 261 g/mol. The molecule has 0 fully saturated rings. The Labute approximate surface area is 106 Å². The Balaban J connectivity index is 1.87. The molecular weight excluding hydrogens is 250 g/mol. The number of aromatic nitrogens is 3. The van der Waals surface area contributed by atoms with Crippen molar-refractivity contribution in [1.29, 1.82) is 0 Å². The van der Waals surface area contributed by atoms with E-state index in [1.54, 1.807) is 19.1 Å². The van der Waals surface area contributed by atoms with E-state index in [2.05, 4.69) is 20.4 Å². The largest absolute Gasteiger partial charge is 0.417 e. The Kier molecular flexibility index (Phi) is 2.48. The van der Waals surface area contributed by atoms with E-state index in [4.69, 9.17) is 14.7 Å². The maximum Gasteiger partial charge on any atom is 0.417 e. The Morgan fingerprint density at radius 2 is 2.32 bits per heavy atom. The summed E-state index contributed by atoms with van der Waals surface area (Å²) in [6, 6.07) is 3.27. The van der Waals surface area contributed by atoms with E-state index in [1.807, 2.05) is 0 Å². The van der Waals surface area contributed by atoms with Crippen molar-refractivity contribution in [2.75, 3.05) is 11.1 Å². The number of rotatable bonds is 3. The second-order valence-electron chi connectivity index (χ2n) is 4.04. The Morgan fingerprint density at radius 3 is 3.05 bits per heavy atom. The molecular formula is C11H11N5O3. The molecule has 19 heavy (non-hydrogen) atoms. The number of fused-ring (bicyclic) bond motifs is 1. The predicted molar refractivity (Wildman–Crippen MR) is 67.6 cm³/mol. The van der Waals surface area contributed by atoms with Crippen molar-refractivity contribution in [2.24, 2.45) is 0 Å². The first-order valence-corrected chi connectivity index (χ1v) is 5.57. The molecule has 0 amide bonds. The number of nitrogens with two attached hydrogens (primary N) is 1. The summed E-state index contributed by atoms with van der Waals surface area (Å²) < 4.78 is 9.89. The number of aromatic amines is 1. The third-order valence-corrected chi connectivity index (χ3v) is 2.59. The minimum Gasteiger partial charge on any atom is -0.408 e. The zero-order valence-electron chi connectivity index (χ0n) is 10.1. The van der Waals surface area contributed by atoms with Crippen LogP contribution in [0.25, 0.3) is 11.1 Å². The zero-order valence-corrected chi connectivity index (χ0v) is 10.1. The van der Waals surface area contributed by atoms with Gasteiger partial charge in [-0.05, 0) is 13.0 Å². The first-order chi connectivity index (χ1) is 9.11. The number of anilines is 2. The van der Waals surface area contributed by atoms with Crippen molar-refractivity contribution in [1.82, 2.24) is 15.1 Å². The molecule has 0 saturated heterocycles. The number of benzene rings is 1. The number of nitrogen functional groups attached to an aromatic ring is 1. The van der Waals surface area contributed by atoms with E-state index >= 15 is 0 Å². The third-order valence-electron chi connectivity index (χ3n) is 2.59. The highest BCUT2D eigenvalue weighted by molar-refractivity contribution is 5.85. The van der Waals surface area contributed by atoms with E-state index < -0.39 is 5.76 Å². The number of oxazole rings is 1. The minimum absolute atomic E-state index is 0.346. The van der Waals surface area contributed by atoms with Crippen LogP contribution in [0.4, 0.5) is 11.4 Å². The summed E-state index contributed by atoms with van der Waals surface area (Å²) in [5.74, 6) is 0.510. The van der Waals surface area contributed by atoms with Crippen LogP contribution in [0.5, 0.6) is 0 Å². The molecule has 3 rings (SSSR count). The van der Waals surface area contributed by atoms with Crippen molar-refractivity contribution in [3.8, 4) is 0 Å². The maximum absolute atomic E-state index is 11.1. The van der Waals surface area contributed by atoms with E-state index in [1.165, 1.54) is 0 Å². The summed E-state index contributed by atoms with van der Waals surface area (Å²) >= 11 is 0. The number of nitrogens with zero attached hydrogens (tertiary/aromatic N) is 2. The van der Waals surface area contributed by atoms with Gasteiger partial charge in [0.25, 0.3) is 0 Å². The lowest BCUT2D eigenvalue weighted by molar-refractivity contribution is 0.379. The summed E-state index contributed by atoms with van der Waals surface area (Å²) in [6.07, 6.45) is 0. The van der Waals surface area contributed by atoms with Gasteiger partial charge in [0.1, 0.15) is 0 Å². The topological polar surface area (TPSA) is 123 Å². The van der Waals surface area contributed by atoms with Crippen LogP contribution in [0.3, 0.4) is 0 Å². The second-order valence-corrected chi connectivity index (χ2v) is 4.04. The molecule has 0 saturated carbocycles. The highest BCUT2D eigenvalue weighted by Gasteiger charge is 2.08. The minimum atomic E-state index is -0.515. The number of nitrogens with one attached hydrogen (secondary N) is 2. The van der Waals surface area contributed by atoms with Crippen LogP contribution >= 0.6 is 0 Å². The Morgan fingerprint density at radius 1 is 1.47 bits per heavy atom. The van der Waals surface area contributed by atoms with Gasteiger partial charge in [0.05, 0.1) is 23.4 Å². The van der Waals surface area contributed by atoms with E-state index in [0.717, 1.165) is 0 Å². The fraction of sp³-hybridized carbons (Fsp3) is 0.182. The second kappa shape index (κ2) is 4.16. The molecule has 3 aromatic rings. The molecule has 0 aliphatic heterocycles. The van der Waals surface area contributed by atoms with Gasteiger partial charge >= 0.3 is 5.76 Å². The fourth-order valence-corrected chi connectivity index (χ4v) is 1.75. The smallest absolute Gasteiger partial charge is 0.408 e. The van der Waals surface area contributed by atoms with E-state index in [-0.39, 0.29) is 0 Å². The summed E-state index contributed by atoms with van der Waals surface area (Å²) in [4.78, 5) is 17.7. The van der Waals surface area contributed by atoms with Crippen molar-refractivity contribution in [3.63, 3.8) is 0 Å². The summed E-state index contributed by atoms with van der Waals surface area (Å²) in [7, 11) is 0. The molecule has 0 aliphatic carbocycles. The van der Waals surface area contributed by atoms with Gasteiger partial charge < -0.3 is 20.0 Å². The predicted octanol–water partition coefficient (Wildman–Crippen LogP) is 1.01. The molecule has 98 valence electrons. The van der Waals surface area contributed by atoms with Crippen LogP contribution in [-0.2, 0) is 6.54 Å². The molecule has 0 spiro atoms. The maximum atomic E-state index is 11.1. The van der Waals surface area contributed by atoms with Crippen LogP contribution in [-0.4, -0.2) is 15.1 Å². The SMILES string of the molecule is Cc1noc(CNc2cc3[nH]c(=O)oc3cc2N)n1. The van der Waals surface area contributed by atoms with Gasteiger partial charge in [0.15, 0.2) is 11.4 Å². The molecule has 8 nitrogen and oxygen atoms in total. The van der Waals surface area contributed by atoms with Crippen molar-refractivity contribution in [3.05, 3.63) is 34.4 Å². The van der Waals surface area contributed by atoms with Gasteiger partial charge in [-0.3, -0.25) is 4.98 Å². The highest BCUT2D eigenvalue weighted by atomic mass is 16.5. The lowest BCUT2D eigenvalue weighted by atomic mass is 10.2. The lowest BCUT2D eigenvalue weighted by Crippen LogP contribution is -2.02. The van der Waals surface area contributed by atoms with Crippen LogP contribution in [0, 0.1) is 6.92 Å². The normalized spacial score (nSPS) is 11.0. The van der Waals surface area contributed by atoms with Crippen LogP contribution in [0.15, 0.2) is 25.9 Å². The van der Waals surface area contributed by atoms with Crippen molar-refractivity contribution < 1.29 is 8.94 Å². The summed E-state index contributed by atoms with van der Waals surface area (Å²) in [6.45, 7) is 2.09. The van der Waals surface area contributed by atoms with Crippen LogP contribution in [0.2, 0.25) is 0 Å². The molecule has 0 radical (unpaired) electrons. The van der Waals surface area contributed by atoms with Crippen LogP contribution < -0.4 is 16.8 Å². The van der Waals surface area contributed by atoms with Gasteiger partial charge in [-0.1, -0.05) is 5.16 Å². The standard InChI is InChI=1S/C11H11N5O3/c1-5-14-10(19-16-5)4-13-7-3-8-9(2-6(7)12)18-11(17)15-8/h2-3,13H,4,12H2,1H3,(H,15,17). The van der Waals surface area contributed by atoms with E-state index in [9.17, 15) is 4.79 Å². The van der Waals surface area contributed by atoms with Gasteiger partial charge in [-0.15, -0.1) is 0 Å². The quantitative estimate of drug-likeness (QED) is 0.601. The zero-order chi connectivity index (χ0) is 13.4. The lowest BCUT2D eigenvalue weighted by Gasteiger charge is -2.06. The monoisotopic (exact) mass is 261 g/mol. The Bertz CT molecular complexity index is 785. The number of hydrogen-bond acceptors (Lipinski definition) is 7. The molecule has 0 atom stereocenters. The number of hydrogen-bond donors (Lipinski definition) is 3. The van der Waals surface area contributed by atoms with Crippen molar-refractivity contribution in [2.45, 2.75) is 13.5 Å². The van der Waals surface area contributed by atoms with Gasteiger partial charge in [0, 0.05) is 6.07 Å². The number of aryl methyl sites for hydroxylation is 1. The molecule has 0 aliphatic rings. The van der Waals surface area contributed by atoms with Gasteiger partial charge in [0.2, 0.25) is 5.89 Å². The molecule has 4 N–H and O–H groups in total. The van der Waals surface area contributed by atoms with Gasteiger partial charge in [-0.25, -0.2) is 4.79 Å². The molecule has 0 unspecified atom stereocenters. The number of H-pyrrole nitrogens is 1.